The summed E-state index contributed by atoms with van der Waals surface area (Å²) in [7, 11) is 0. The largest absolute Gasteiger partial charge is 0.458 e. The zero-order valence-corrected chi connectivity index (χ0v) is 17.3. The summed E-state index contributed by atoms with van der Waals surface area (Å²) in [5.41, 5.74) is 2.02. The Morgan fingerprint density at radius 3 is 2.57 bits per heavy atom. The minimum atomic E-state index is -0.769. The van der Waals surface area contributed by atoms with Gasteiger partial charge in [0.2, 0.25) is 0 Å². The molecule has 0 amide bonds. The molecular formula is C23H28O7. The van der Waals surface area contributed by atoms with E-state index in [1.165, 1.54) is 6.08 Å². The van der Waals surface area contributed by atoms with Crippen molar-refractivity contribution in [3.05, 3.63) is 47.6 Å². The second-order valence-electron chi connectivity index (χ2n) is 8.33. The topological polar surface area (TPSA) is 110 Å². The van der Waals surface area contributed by atoms with Crippen molar-refractivity contribution < 1.29 is 34.1 Å². The highest BCUT2D eigenvalue weighted by Crippen LogP contribution is 2.53. The molecule has 3 rings (SSSR count). The summed E-state index contributed by atoms with van der Waals surface area (Å²) in [5.74, 6) is -2.09. The Balaban J connectivity index is 1.97. The van der Waals surface area contributed by atoms with E-state index < -0.39 is 43.3 Å². The number of hydrogen-bond acceptors (Lipinski definition) is 7. The van der Waals surface area contributed by atoms with Crippen LogP contribution in [0.4, 0.5) is 0 Å². The van der Waals surface area contributed by atoms with Crippen LogP contribution in [0.3, 0.4) is 0 Å². The number of allylic oxidation sites excluding steroid dienone is 1. The van der Waals surface area contributed by atoms with E-state index in [4.69, 9.17) is 14.6 Å². The van der Waals surface area contributed by atoms with Crippen molar-refractivity contribution in [1.82, 2.24) is 0 Å². The van der Waals surface area contributed by atoms with Gasteiger partial charge in [0.05, 0.1) is 24.7 Å². The molecule has 2 N–H and O–H groups in total. The SMILES string of the molecule is C=C1C[C@@H](OC(=O)/C(=C/CO)CO)C2C(=C)C(=O)OC2C2C(C)=CC(CC(C)=O)C12. The van der Waals surface area contributed by atoms with Gasteiger partial charge in [-0.2, -0.15) is 0 Å². The predicted octanol–water partition coefficient (Wildman–Crippen LogP) is 1.65. The molecule has 0 spiro atoms. The maximum atomic E-state index is 12.5. The van der Waals surface area contributed by atoms with Gasteiger partial charge in [-0.3, -0.25) is 0 Å². The van der Waals surface area contributed by atoms with Gasteiger partial charge in [0.1, 0.15) is 18.0 Å². The highest BCUT2D eigenvalue weighted by molar-refractivity contribution is 5.92. The van der Waals surface area contributed by atoms with E-state index >= 15 is 0 Å². The van der Waals surface area contributed by atoms with Crippen molar-refractivity contribution in [1.29, 1.82) is 0 Å². The number of carbonyl (C=O) groups excluding carboxylic acids is 3. The van der Waals surface area contributed by atoms with Gasteiger partial charge >= 0.3 is 11.9 Å². The van der Waals surface area contributed by atoms with Crippen LogP contribution in [0.1, 0.15) is 26.7 Å². The number of hydrogen-bond donors (Lipinski definition) is 2. The van der Waals surface area contributed by atoms with E-state index in [0.29, 0.717) is 6.42 Å². The maximum Gasteiger partial charge on any atom is 0.336 e. The van der Waals surface area contributed by atoms with E-state index in [-0.39, 0.29) is 41.1 Å². The summed E-state index contributed by atoms with van der Waals surface area (Å²) in [4.78, 5) is 36.7. The highest BCUT2D eigenvalue weighted by Gasteiger charge is 2.56. The van der Waals surface area contributed by atoms with Gasteiger partial charge in [0.25, 0.3) is 0 Å². The molecule has 0 aromatic carbocycles. The highest BCUT2D eigenvalue weighted by atomic mass is 16.6. The average Bonchev–Trinajstić information content (AvgIpc) is 3.09. The molecule has 7 nitrogen and oxygen atoms in total. The van der Waals surface area contributed by atoms with Crippen molar-refractivity contribution in [2.75, 3.05) is 13.2 Å². The minimum absolute atomic E-state index is 0.0510. The normalized spacial score (nSPS) is 33.4. The monoisotopic (exact) mass is 416 g/mol. The lowest BCUT2D eigenvalue weighted by Gasteiger charge is -2.30. The van der Waals surface area contributed by atoms with Gasteiger partial charge in [-0.05, 0) is 31.8 Å². The molecule has 162 valence electrons. The zero-order chi connectivity index (χ0) is 22.2. The van der Waals surface area contributed by atoms with Crippen molar-refractivity contribution in [3.63, 3.8) is 0 Å². The molecule has 1 heterocycles. The van der Waals surface area contributed by atoms with Gasteiger partial charge in [0.15, 0.2) is 0 Å². The van der Waals surface area contributed by atoms with Crippen molar-refractivity contribution in [2.45, 2.75) is 38.9 Å². The van der Waals surface area contributed by atoms with Crippen LogP contribution < -0.4 is 0 Å². The van der Waals surface area contributed by atoms with Crippen LogP contribution in [0, 0.1) is 23.7 Å². The van der Waals surface area contributed by atoms with Crippen LogP contribution >= 0.6 is 0 Å². The summed E-state index contributed by atoms with van der Waals surface area (Å²) in [6.07, 6.45) is 2.58. The summed E-state index contributed by atoms with van der Waals surface area (Å²) >= 11 is 0. The van der Waals surface area contributed by atoms with Crippen LogP contribution in [-0.4, -0.2) is 53.4 Å². The molecule has 1 saturated carbocycles. The molecule has 5 unspecified atom stereocenters. The van der Waals surface area contributed by atoms with E-state index in [1.807, 2.05) is 6.92 Å². The zero-order valence-electron chi connectivity index (χ0n) is 17.3. The lowest BCUT2D eigenvalue weighted by molar-refractivity contribution is -0.148. The number of ether oxygens (including phenoxy) is 2. The molecule has 7 heteroatoms. The fourth-order valence-corrected chi connectivity index (χ4v) is 5.15. The quantitative estimate of drug-likeness (QED) is 0.385. The first-order valence-corrected chi connectivity index (χ1v) is 10.1. The molecule has 0 bridgehead atoms. The fraction of sp³-hybridized carbons (Fsp3) is 0.522. The second kappa shape index (κ2) is 8.70. The number of esters is 2. The first kappa shape index (κ1) is 22.2. The predicted molar refractivity (Wildman–Crippen MR) is 108 cm³/mol. The van der Waals surface area contributed by atoms with Gasteiger partial charge in [-0.15, -0.1) is 0 Å². The Labute approximate surface area is 175 Å². The number of ketones is 1. The van der Waals surface area contributed by atoms with Crippen LogP contribution in [0.15, 0.2) is 47.6 Å². The number of Topliss-reactive ketones (excluding diaryl/α,β-unsaturated/α-hetero) is 1. The summed E-state index contributed by atoms with van der Waals surface area (Å²) in [5, 5.41) is 18.5. The van der Waals surface area contributed by atoms with Crippen molar-refractivity contribution >= 4 is 17.7 Å². The molecule has 1 aliphatic heterocycles. The van der Waals surface area contributed by atoms with Gasteiger partial charge in [0, 0.05) is 24.3 Å². The number of aliphatic hydroxyl groups excluding tert-OH is 2. The van der Waals surface area contributed by atoms with Crippen LogP contribution in [0.5, 0.6) is 0 Å². The fourth-order valence-electron chi connectivity index (χ4n) is 5.15. The third-order valence-electron chi connectivity index (χ3n) is 6.35. The molecule has 0 radical (unpaired) electrons. The van der Waals surface area contributed by atoms with Crippen molar-refractivity contribution in [2.24, 2.45) is 23.7 Å². The van der Waals surface area contributed by atoms with Crippen LogP contribution in [-0.2, 0) is 23.9 Å². The molecule has 0 aromatic rings. The maximum absolute atomic E-state index is 12.5. The molecule has 2 aliphatic carbocycles. The van der Waals surface area contributed by atoms with Gasteiger partial charge in [-0.1, -0.05) is 30.4 Å². The second-order valence-corrected chi connectivity index (χ2v) is 8.33. The molecule has 6 atom stereocenters. The molecule has 0 aromatic heterocycles. The van der Waals surface area contributed by atoms with Gasteiger partial charge in [-0.25, -0.2) is 9.59 Å². The first-order valence-electron chi connectivity index (χ1n) is 10.1. The Bertz CT molecular complexity index is 850. The Hall–Kier alpha value is -2.51. The molecule has 3 aliphatic rings. The number of aliphatic hydroxyl groups is 2. The Kier molecular flexibility index (Phi) is 6.43. The van der Waals surface area contributed by atoms with Gasteiger partial charge < -0.3 is 24.5 Å². The third kappa shape index (κ3) is 3.91. The van der Waals surface area contributed by atoms with E-state index in [9.17, 15) is 19.5 Å². The molecule has 1 saturated heterocycles. The molecular weight excluding hydrogens is 388 g/mol. The Morgan fingerprint density at radius 1 is 1.27 bits per heavy atom. The summed E-state index contributed by atoms with van der Waals surface area (Å²) in [6, 6.07) is 0. The lowest BCUT2D eigenvalue weighted by atomic mass is 9.76. The summed E-state index contributed by atoms with van der Waals surface area (Å²) < 4.78 is 11.4. The molecule has 30 heavy (non-hydrogen) atoms. The van der Waals surface area contributed by atoms with Crippen molar-refractivity contribution in [3.8, 4) is 0 Å². The summed E-state index contributed by atoms with van der Waals surface area (Å²) in [6.45, 7) is 10.6. The average molecular weight is 416 g/mol. The first-order chi connectivity index (χ1) is 14.2. The lowest BCUT2D eigenvalue weighted by Crippen LogP contribution is -2.36. The number of carbonyl (C=O) groups is 3. The van der Waals surface area contributed by atoms with Crippen LogP contribution in [0.25, 0.3) is 0 Å². The minimum Gasteiger partial charge on any atom is -0.458 e. The van der Waals surface area contributed by atoms with Crippen LogP contribution in [0.2, 0.25) is 0 Å². The Morgan fingerprint density at radius 2 is 1.97 bits per heavy atom. The number of fused-ring (bicyclic) bond motifs is 3. The molecule has 2 fully saturated rings. The third-order valence-corrected chi connectivity index (χ3v) is 6.35. The number of rotatable bonds is 6. The van der Waals surface area contributed by atoms with E-state index in [1.54, 1.807) is 6.92 Å². The standard InChI is InChI=1S/C23H28O7/c1-11-7-16(9-13(3)26)18-12(2)8-17(29-23(28)15(10-25)5-6-24)20-14(4)22(27)30-21(20)19(11)18/h5,7,16-21,24-25H,2,4,6,8-10H2,1,3H3/b15-5+/t16?,17-,18?,19?,20?,21?/m1/s1. The van der Waals surface area contributed by atoms with E-state index in [2.05, 4.69) is 19.2 Å². The smallest absolute Gasteiger partial charge is 0.336 e. The van der Waals surface area contributed by atoms with E-state index in [0.717, 1.165) is 11.1 Å².